The van der Waals surface area contributed by atoms with Crippen molar-refractivity contribution in [1.29, 1.82) is 0 Å². The first-order valence-corrected chi connectivity index (χ1v) is 9.38. The molecule has 0 radical (unpaired) electrons. The van der Waals surface area contributed by atoms with Crippen LogP contribution in [0.1, 0.15) is 23.4 Å². The highest BCUT2D eigenvalue weighted by Gasteiger charge is 2.22. The monoisotopic (exact) mass is 360 g/mol. The first-order valence-electron chi connectivity index (χ1n) is 8.50. The van der Waals surface area contributed by atoms with E-state index in [1.807, 2.05) is 17.5 Å². The molecule has 1 aliphatic rings. The molecule has 0 atom stereocenters. The molecule has 1 aromatic carbocycles. The Bertz CT molecular complexity index is 684. The molecule has 1 aliphatic heterocycles. The van der Waals surface area contributed by atoms with Crippen molar-refractivity contribution in [1.82, 2.24) is 20.1 Å². The molecule has 3 rings (SSSR count). The number of hydrogen-bond donors (Lipinski definition) is 2. The Kier molecular flexibility index (Phi) is 5.88. The van der Waals surface area contributed by atoms with Gasteiger partial charge in [-0.3, -0.25) is 4.90 Å². The number of nitrogens with one attached hydrogen (secondary N) is 1. The van der Waals surface area contributed by atoms with E-state index in [4.69, 9.17) is 0 Å². The number of piperidine rings is 1. The highest BCUT2D eigenvalue weighted by Crippen LogP contribution is 2.17. The topological polar surface area (TPSA) is 68.7 Å². The predicted octanol–water partition coefficient (Wildman–Crippen LogP) is 2.65. The van der Waals surface area contributed by atoms with E-state index in [-0.39, 0.29) is 12.1 Å². The van der Waals surface area contributed by atoms with Crippen LogP contribution in [0.25, 0.3) is 0 Å². The molecule has 6 nitrogen and oxygen atoms in total. The third kappa shape index (κ3) is 5.17. The van der Waals surface area contributed by atoms with E-state index in [0.717, 1.165) is 43.0 Å². The van der Waals surface area contributed by atoms with Crippen LogP contribution in [0, 0.1) is 0 Å². The van der Waals surface area contributed by atoms with Gasteiger partial charge in [0, 0.05) is 44.3 Å². The smallest absolute Gasteiger partial charge is 0.317 e. The zero-order valence-electron chi connectivity index (χ0n) is 14.4. The summed E-state index contributed by atoms with van der Waals surface area (Å²) in [5, 5.41) is 15.5. The molecule has 0 aliphatic carbocycles. The highest BCUT2D eigenvalue weighted by molar-refractivity contribution is 7.09. The maximum absolute atomic E-state index is 12.3. The van der Waals surface area contributed by atoms with Crippen molar-refractivity contribution in [3.05, 3.63) is 46.4 Å². The van der Waals surface area contributed by atoms with Gasteiger partial charge in [0.15, 0.2) is 0 Å². The first kappa shape index (κ1) is 17.7. The zero-order chi connectivity index (χ0) is 17.6. The predicted molar refractivity (Wildman–Crippen MR) is 98.5 cm³/mol. The van der Waals surface area contributed by atoms with Crippen molar-refractivity contribution < 1.29 is 9.90 Å². The van der Waals surface area contributed by atoms with Crippen LogP contribution in [0.15, 0.2) is 35.8 Å². The zero-order valence-corrected chi connectivity index (χ0v) is 15.2. The molecule has 1 fully saturated rings. The van der Waals surface area contributed by atoms with Gasteiger partial charge in [0.05, 0.1) is 6.54 Å². The number of urea groups is 1. The number of hydrogen-bond acceptors (Lipinski definition) is 5. The fourth-order valence-electron chi connectivity index (χ4n) is 3.04. The fraction of sp³-hybridized carbons (Fsp3) is 0.444. The summed E-state index contributed by atoms with van der Waals surface area (Å²) in [6.07, 6.45) is 3.64. The van der Waals surface area contributed by atoms with Crippen LogP contribution in [-0.2, 0) is 13.1 Å². The lowest BCUT2D eigenvalue weighted by Gasteiger charge is -2.33. The van der Waals surface area contributed by atoms with Crippen molar-refractivity contribution in [2.75, 3.05) is 20.1 Å². The molecule has 2 amide bonds. The van der Waals surface area contributed by atoms with E-state index in [9.17, 15) is 9.90 Å². The van der Waals surface area contributed by atoms with Crippen LogP contribution < -0.4 is 5.32 Å². The van der Waals surface area contributed by atoms with Gasteiger partial charge in [0.1, 0.15) is 10.8 Å². The van der Waals surface area contributed by atoms with E-state index >= 15 is 0 Å². The maximum atomic E-state index is 12.3. The summed E-state index contributed by atoms with van der Waals surface area (Å²) in [5.74, 6) is 0.308. The fourth-order valence-corrected chi connectivity index (χ4v) is 3.71. The summed E-state index contributed by atoms with van der Waals surface area (Å²) in [5.41, 5.74) is 1.12. The van der Waals surface area contributed by atoms with Crippen molar-refractivity contribution >= 4 is 17.4 Å². The molecule has 0 spiro atoms. The Morgan fingerprint density at radius 1 is 1.44 bits per heavy atom. The summed E-state index contributed by atoms with van der Waals surface area (Å²) < 4.78 is 0. The summed E-state index contributed by atoms with van der Waals surface area (Å²) in [6.45, 7) is 3.26. The van der Waals surface area contributed by atoms with Crippen molar-refractivity contribution in [3.63, 3.8) is 0 Å². The number of aromatic hydroxyl groups is 1. The second-order valence-corrected chi connectivity index (χ2v) is 7.43. The standard InChI is InChI=1S/C18H24N4O2S/c1-21(13-17-19-7-10-25-17)18(24)20-15-5-8-22(9-6-15)12-14-3-2-4-16(23)11-14/h2-4,7,10-11,15,23H,5-6,8-9,12-13H2,1H3,(H,20,24). The van der Waals surface area contributed by atoms with Crippen LogP contribution in [-0.4, -0.2) is 52.1 Å². The molecule has 134 valence electrons. The Labute approximate surface area is 152 Å². The second kappa shape index (κ2) is 8.31. The number of phenolic OH excluding ortho intramolecular Hbond substituents is 1. The van der Waals surface area contributed by atoms with Gasteiger partial charge in [0.2, 0.25) is 0 Å². The number of thiazole rings is 1. The van der Waals surface area contributed by atoms with Crippen LogP contribution in [0.2, 0.25) is 0 Å². The van der Waals surface area contributed by atoms with Crippen molar-refractivity contribution in [2.24, 2.45) is 0 Å². The quantitative estimate of drug-likeness (QED) is 0.860. The van der Waals surface area contributed by atoms with E-state index in [1.54, 1.807) is 41.6 Å². The van der Waals surface area contributed by atoms with Crippen LogP contribution in [0.5, 0.6) is 5.75 Å². The molecule has 2 heterocycles. The summed E-state index contributed by atoms with van der Waals surface area (Å²) in [4.78, 5) is 20.5. The second-order valence-electron chi connectivity index (χ2n) is 6.45. The molecule has 0 unspecified atom stereocenters. The van der Waals surface area contributed by atoms with Gasteiger partial charge < -0.3 is 15.3 Å². The number of rotatable bonds is 5. The number of aromatic nitrogens is 1. The average molecular weight is 360 g/mol. The normalized spacial score (nSPS) is 15.9. The largest absolute Gasteiger partial charge is 0.508 e. The summed E-state index contributed by atoms with van der Waals surface area (Å²) in [6, 6.07) is 7.57. The number of likely N-dealkylation sites (tertiary alicyclic amines) is 1. The molecule has 2 N–H and O–H groups in total. The summed E-state index contributed by atoms with van der Waals surface area (Å²) in [7, 11) is 1.80. The number of phenols is 1. The molecule has 25 heavy (non-hydrogen) atoms. The van der Waals surface area contributed by atoms with E-state index in [2.05, 4.69) is 15.2 Å². The van der Waals surface area contributed by atoms with Crippen LogP contribution in [0.3, 0.4) is 0 Å². The van der Waals surface area contributed by atoms with Gasteiger partial charge in [-0.2, -0.15) is 0 Å². The Balaban J connectivity index is 1.42. The minimum atomic E-state index is -0.0402. The molecular formula is C18H24N4O2S. The first-order chi connectivity index (χ1) is 12.1. The van der Waals surface area contributed by atoms with Crippen molar-refractivity contribution in [3.8, 4) is 5.75 Å². The third-order valence-corrected chi connectivity index (χ3v) is 5.20. The minimum Gasteiger partial charge on any atom is -0.508 e. The van der Waals surface area contributed by atoms with Crippen LogP contribution >= 0.6 is 11.3 Å². The lowest BCUT2D eigenvalue weighted by molar-refractivity contribution is 0.173. The van der Waals surface area contributed by atoms with Crippen molar-refractivity contribution in [2.45, 2.75) is 32.0 Å². The Morgan fingerprint density at radius 3 is 2.92 bits per heavy atom. The Morgan fingerprint density at radius 2 is 2.24 bits per heavy atom. The molecule has 2 aromatic rings. The van der Waals surface area contributed by atoms with Gasteiger partial charge in [-0.05, 0) is 30.5 Å². The lowest BCUT2D eigenvalue weighted by Crippen LogP contribution is -2.48. The maximum Gasteiger partial charge on any atom is 0.317 e. The summed E-state index contributed by atoms with van der Waals surface area (Å²) >= 11 is 1.56. The Hall–Kier alpha value is -2.12. The van der Waals surface area contributed by atoms with E-state index in [0.29, 0.717) is 12.3 Å². The van der Waals surface area contributed by atoms with E-state index < -0.39 is 0 Å². The number of nitrogens with zero attached hydrogens (tertiary/aromatic N) is 3. The lowest BCUT2D eigenvalue weighted by atomic mass is 10.0. The molecule has 1 saturated heterocycles. The van der Waals surface area contributed by atoms with Gasteiger partial charge in [-0.25, -0.2) is 9.78 Å². The third-order valence-electron chi connectivity index (χ3n) is 4.43. The van der Waals surface area contributed by atoms with Gasteiger partial charge in [0.25, 0.3) is 0 Å². The molecule has 1 aromatic heterocycles. The molecular weight excluding hydrogens is 336 g/mol. The molecule has 7 heteroatoms. The van der Waals surface area contributed by atoms with Gasteiger partial charge >= 0.3 is 6.03 Å². The number of carbonyl (C=O) groups is 1. The highest BCUT2D eigenvalue weighted by atomic mass is 32.1. The molecule has 0 saturated carbocycles. The van der Waals surface area contributed by atoms with E-state index in [1.165, 1.54) is 0 Å². The van der Waals surface area contributed by atoms with Gasteiger partial charge in [-0.1, -0.05) is 12.1 Å². The average Bonchev–Trinajstić information content (AvgIpc) is 3.09. The number of benzene rings is 1. The van der Waals surface area contributed by atoms with Crippen LogP contribution in [0.4, 0.5) is 4.79 Å². The molecule has 0 bridgehead atoms. The minimum absolute atomic E-state index is 0.0402. The SMILES string of the molecule is CN(Cc1nccs1)C(=O)NC1CCN(Cc2cccc(O)c2)CC1. The number of carbonyl (C=O) groups excluding carboxylic acids is 1. The number of amides is 2. The van der Waals surface area contributed by atoms with Gasteiger partial charge in [-0.15, -0.1) is 11.3 Å².